The molecule has 1 N–H and O–H groups in total. The fourth-order valence-corrected chi connectivity index (χ4v) is 2.87. The maximum atomic E-state index is 12.4. The van der Waals surface area contributed by atoms with Crippen molar-refractivity contribution in [3.05, 3.63) is 42.1 Å². The summed E-state index contributed by atoms with van der Waals surface area (Å²) in [4.78, 5) is 25.7. The van der Waals surface area contributed by atoms with Gasteiger partial charge in [-0.3, -0.25) is 9.59 Å². The van der Waals surface area contributed by atoms with E-state index < -0.39 is 6.04 Å². The lowest BCUT2D eigenvalue weighted by atomic mass is 10.0. The van der Waals surface area contributed by atoms with E-state index in [2.05, 4.69) is 10.4 Å². The van der Waals surface area contributed by atoms with Gasteiger partial charge in [0.05, 0.1) is 5.69 Å². The number of benzene rings is 1. The second-order valence-electron chi connectivity index (χ2n) is 5.82. The van der Waals surface area contributed by atoms with Gasteiger partial charge >= 0.3 is 0 Å². The van der Waals surface area contributed by atoms with Crippen LogP contribution in [0, 0.1) is 6.92 Å². The first kappa shape index (κ1) is 15.3. The lowest BCUT2D eigenvalue weighted by Gasteiger charge is -2.30. The minimum atomic E-state index is -0.418. The van der Waals surface area contributed by atoms with Gasteiger partial charge in [-0.1, -0.05) is 18.2 Å². The summed E-state index contributed by atoms with van der Waals surface area (Å²) in [5, 5.41) is 7.27. The number of aromatic nitrogens is 2. The largest absolute Gasteiger partial charge is 0.334 e. The molecule has 0 radical (unpaired) electrons. The van der Waals surface area contributed by atoms with Crippen molar-refractivity contribution in [3.63, 3.8) is 0 Å². The standard InChI is InChI=1S/C17H20N4O2/c1-12-11-15(19-21(12)13-7-4-3-5-8-13)18-17(23)14-9-6-10-16(22)20(14)2/h3-5,7-8,11,14H,6,9-10H2,1-2H3,(H,18,19,23). The Morgan fingerprint density at radius 3 is 2.78 bits per heavy atom. The number of carbonyl (C=O) groups excluding carboxylic acids is 2. The lowest BCUT2D eigenvalue weighted by Crippen LogP contribution is -2.47. The van der Waals surface area contributed by atoms with Crippen molar-refractivity contribution in [2.45, 2.75) is 32.2 Å². The third-order valence-corrected chi connectivity index (χ3v) is 4.17. The van der Waals surface area contributed by atoms with Gasteiger partial charge in [0, 0.05) is 25.2 Å². The van der Waals surface area contributed by atoms with E-state index in [9.17, 15) is 9.59 Å². The monoisotopic (exact) mass is 312 g/mol. The first-order valence-corrected chi connectivity index (χ1v) is 7.75. The van der Waals surface area contributed by atoms with Crippen molar-refractivity contribution in [1.29, 1.82) is 0 Å². The predicted octanol–water partition coefficient (Wildman–Crippen LogP) is 2.13. The van der Waals surface area contributed by atoms with Crippen molar-refractivity contribution in [3.8, 4) is 5.69 Å². The summed E-state index contributed by atoms with van der Waals surface area (Å²) in [6, 6.07) is 11.2. The molecule has 1 aromatic heterocycles. The summed E-state index contributed by atoms with van der Waals surface area (Å²) < 4.78 is 1.78. The van der Waals surface area contributed by atoms with Crippen LogP contribution in [0.2, 0.25) is 0 Å². The van der Waals surface area contributed by atoms with E-state index in [4.69, 9.17) is 0 Å². The van der Waals surface area contributed by atoms with Crippen molar-refractivity contribution in [2.24, 2.45) is 0 Å². The molecule has 6 heteroatoms. The molecular formula is C17H20N4O2. The fourth-order valence-electron chi connectivity index (χ4n) is 2.87. The molecule has 1 aliphatic heterocycles. The van der Waals surface area contributed by atoms with Crippen LogP contribution in [-0.2, 0) is 9.59 Å². The normalized spacial score (nSPS) is 18.1. The van der Waals surface area contributed by atoms with Gasteiger partial charge in [0.2, 0.25) is 11.8 Å². The number of nitrogens with zero attached hydrogens (tertiary/aromatic N) is 3. The van der Waals surface area contributed by atoms with Crippen LogP contribution >= 0.6 is 0 Å². The maximum absolute atomic E-state index is 12.4. The number of piperidine rings is 1. The zero-order valence-electron chi connectivity index (χ0n) is 13.3. The van der Waals surface area contributed by atoms with Crippen molar-refractivity contribution in [1.82, 2.24) is 14.7 Å². The van der Waals surface area contributed by atoms with E-state index in [1.54, 1.807) is 11.7 Å². The molecule has 0 aliphatic carbocycles. The number of likely N-dealkylation sites (N-methyl/N-ethyl adjacent to an activating group) is 1. The highest BCUT2D eigenvalue weighted by Gasteiger charge is 2.30. The Morgan fingerprint density at radius 2 is 2.04 bits per heavy atom. The minimum absolute atomic E-state index is 0.0161. The zero-order valence-corrected chi connectivity index (χ0v) is 13.3. The van der Waals surface area contributed by atoms with Gasteiger partial charge in [0.25, 0.3) is 0 Å². The highest BCUT2D eigenvalue weighted by atomic mass is 16.2. The topological polar surface area (TPSA) is 67.2 Å². The van der Waals surface area contributed by atoms with Crippen LogP contribution < -0.4 is 5.32 Å². The second kappa shape index (κ2) is 6.24. The van der Waals surface area contributed by atoms with E-state index in [-0.39, 0.29) is 11.8 Å². The van der Waals surface area contributed by atoms with Crippen molar-refractivity contribution in [2.75, 3.05) is 12.4 Å². The third kappa shape index (κ3) is 3.11. The molecule has 2 amide bonds. The average molecular weight is 312 g/mol. The highest BCUT2D eigenvalue weighted by molar-refractivity contribution is 5.97. The Kier molecular flexibility index (Phi) is 4.14. The lowest BCUT2D eigenvalue weighted by molar-refractivity contribution is -0.140. The smallest absolute Gasteiger partial charge is 0.248 e. The van der Waals surface area contributed by atoms with Gasteiger partial charge in [-0.05, 0) is 31.9 Å². The zero-order chi connectivity index (χ0) is 16.4. The molecule has 1 fully saturated rings. The van der Waals surface area contributed by atoms with E-state index in [1.165, 1.54) is 4.90 Å². The molecule has 0 saturated carbocycles. The molecule has 2 aromatic rings. The SMILES string of the molecule is Cc1cc(NC(=O)C2CCCC(=O)N2C)nn1-c1ccccc1. The Hall–Kier alpha value is -2.63. The quantitative estimate of drug-likeness (QED) is 0.944. The van der Waals surface area contributed by atoms with E-state index in [0.717, 1.165) is 17.8 Å². The van der Waals surface area contributed by atoms with Gasteiger partial charge in [-0.2, -0.15) is 0 Å². The fraction of sp³-hybridized carbons (Fsp3) is 0.353. The molecule has 1 saturated heterocycles. The number of aryl methyl sites for hydroxylation is 1. The summed E-state index contributed by atoms with van der Waals surface area (Å²) in [6.07, 6.45) is 1.95. The van der Waals surface area contributed by atoms with Crippen LogP contribution in [0.1, 0.15) is 25.0 Å². The average Bonchev–Trinajstić information content (AvgIpc) is 2.91. The number of hydrogen-bond acceptors (Lipinski definition) is 3. The molecule has 23 heavy (non-hydrogen) atoms. The molecule has 0 spiro atoms. The van der Waals surface area contributed by atoms with Crippen molar-refractivity contribution < 1.29 is 9.59 Å². The van der Waals surface area contributed by atoms with Gasteiger partial charge in [0.15, 0.2) is 5.82 Å². The number of hydrogen-bond donors (Lipinski definition) is 1. The Balaban J connectivity index is 1.76. The summed E-state index contributed by atoms with van der Waals surface area (Å²) >= 11 is 0. The molecule has 0 bridgehead atoms. The van der Waals surface area contributed by atoms with Gasteiger partial charge in [-0.15, -0.1) is 5.10 Å². The van der Waals surface area contributed by atoms with Gasteiger partial charge in [0.1, 0.15) is 6.04 Å². The van der Waals surface area contributed by atoms with Gasteiger partial charge < -0.3 is 10.2 Å². The maximum Gasteiger partial charge on any atom is 0.248 e. The van der Waals surface area contributed by atoms with Gasteiger partial charge in [-0.25, -0.2) is 4.68 Å². The van der Waals surface area contributed by atoms with Crippen LogP contribution in [-0.4, -0.2) is 39.6 Å². The van der Waals surface area contributed by atoms with Crippen molar-refractivity contribution >= 4 is 17.6 Å². The molecule has 1 unspecified atom stereocenters. The van der Waals surface area contributed by atoms with Crippen LogP contribution in [0.25, 0.3) is 5.69 Å². The van der Waals surface area contributed by atoms with E-state index >= 15 is 0 Å². The summed E-state index contributed by atoms with van der Waals surface area (Å²) in [7, 11) is 1.68. The number of anilines is 1. The van der Waals surface area contributed by atoms with Crippen LogP contribution in [0.5, 0.6) is 0 Å². The van der Waals surface area contributed by atoms with Crippen LogP contribution in [0.3, 0.4) is 0 Å². The Morgan fingerprint density at radius 1 is 1.30 bits per heavy atom. The number of amides is 2. The number of carbonyl (C=O) groups is 2. The van der Waals surface area contributed by atoms with Crippen LogP contribution in [0.15, 0.2) is 36.4 Å². The third-order valence-electron chi connectivity index (χ3n) is 4.17. The highest BCUT2D eigenvalue weighted by Crippen LogP contribution is 2.19. The first-order chi connectivity index (χ1) is 11.1. The number of nitrogens with one attached hydrogen (secondary N) is 1. The minimum Gasteiger partial charge on any atom is -0.334 e. The molecule has 1 atom stereocenters. The van der Waals surface area contributed by atoms with E-state index in [0.29, 0.717) is 18.7 Å². The van der Waals surface area contributed by atoms with Crippen LogP contribution in [0.4, 0.5) is 5.82 Å². The Bertz CT molecular complexity index is 723. The molecule has 3 rings (SSSR count). The second-order valence-corrected chi connectivity index (χ2v) is 5.82. The molecular weight excluding hydrogens is 292 g/mol. The number of rotatable bonds is 3. The summed E-state index contributed by atoms with van der Waals surface area (Å²) in [6.45, 7) is 1.94. The predicted molar refractivity (Wildman–Crippen MR) is 87.3 cm³/mol. The summed E-state index contributed by atoms with van der Waals surface area (Å²) in [5.41, 5.74) is 1.87. The molecule has 1 aromatic carbocycles. The van der Waals surface area contributed by atoms with E-state index in [1.807, 2.05) is 43.3 Å². The first-order valence-electron chi connectivity index (χ1n) is 7.75. The molecule has 6 nitrogen and oxygen atoms in total. The molecule has 1 aliphatic rings. The summed E-state index contributed by atoms with van der Waals surface area (Å²) in [5.74, 6) is 0.337. The number of para-hydroxylation sites is 1. The Labute approximate surface area is 135 Å². The molecule has 2 heterocycles. The molecule has 120 valence electrons. The number of likely N-dealkylation sites (tertiary alicyclic amines) is 1.